The van der Waals surface area contributed by atoms with Crippen molar-refractivity contribution in [2.24, 2.45) is 0 Å². The molecule has 1 fully saturated rings. The highest BCUT2D eigenvalue weighted by Crippen LogP contribution is 2.36. The number of rotatable bonds is 4. The van der Waals surface area contributed by atoms with Gasteiger partial charge in [-0.3, -0.25) is 9.89 Å². The number of aromatic nitrogens is 4. The quantitative estimate of drug-likeness (QED) is 0.519. The number of aryl methyl sites for hydroxylation is 1. The molecule has 32 heavy (non-hydrogen) atoms. The summed E-state index contributed by atoms with van der Waals surface area (Å²) < 4.78 is 5.52. The number of aromatic amines is 1. The molecule has 6 rings (SSSR count). The standard InChI is InChI=1S/C25H23N5O2/c31-23-13-18(15-30(23)22-12-6-10-16-7-4-5-11-19(16)22)24-26-25(32-29-24)21-14-20(27-28-21)17-8-2-1-3-9-17/h1-3,6,8-10,12,14,18H,4-5,7,11,13,15H2,(H,27,28). The Bertz CT molecular complexity index is 1280. The van der Waals surface area contributed by atoms with Crippen LogP contribution in [0.2, 0.25) is 0 Å². The molecule has 3 heterocycles. The summed E-state index contributed by atoms with van der Waals surface area (Å²) in [7, 11) is 0. The van der Waals surface area contributed by atoms with Crippen LogP contribution in [0.1, 0.15) is 42.1 Å². The van der Waals surface area contributed by atoms with E-state index in [1.165, 1.54) is 24.0 Å². The van der Waals surface area contributed by atoms with E-state index in [9.17, 15) is 4.79 Å². The van der Waals surface area contributed by atoms with Crippen molar-refractivity contribution < 1.29 is 9.32 Å². The maximum atomic E-state index is 12.9. The number of anilines is 1. The van der Waals surface area contributed by atoms with Gasteiger partial charge in [0, 0.05) is 30.1 Å². The maximum absolute atomic E-state index is 12.9. The van der Waals surface area contributed by atoms with Crippen molar-refractivity contribution in [2.75, 3.05) is 11.4 Å². The van der Waals surface area contributed by atoms with Gasteiger partial charge in [0.2, 0.25) is 5.91 Å². The molecule has 1 amide bonds. The molecule has 1 atom stereocenters. The van der Waals surface area contributed by atoms with Gasteiger partial charge in [0.15, 0.2) is 5.82 Å². The van der Waals surface area contributed by atoms with Crippen LogP contribution in [-0.2, 0) is 17.6 Å². The van der Waals surface area contributed by atoms with E-state index < -0.39 is 0 Å². The largest absolute Gasteiger partial charge is 0.332 e. The average molecular weight is 425 g/mol. The molecule has 1 aliphatic heterocycles. The summed E-state index contributed by atoms with van der Waals surface area (Å²) in [6, 6.07) is 18.1. The molecular weight excluding hydrogens is 402 g/mol. The molecule has 1 unspecified atom stereocenters. The van der Waals surface area contributed by atoms with E-state index >= 15 is 0 Å². The fourth-order valence-electron chi connectivity index (χ4n) is 4.83. The van der Waals surface area contributed by atoms with E-state index in [-0.39, 0.29) is 11.8 Å². The minimum Gasteiger partial charge on any atom is -0.332 e. The lowest BCUT2D eigenvalue weighted by Gasteiger charge is -2.25. The van der Waals surface area contributed by atoms with Crippen LogP contribution in [0, 0.1) is 0 Å². The summed E-state index contributed by atoms with van der Waals surface area (Å²) >= 11 is 0. The monoisotopic (exact) mass is 425 g/mol. The summed E-state index contributed by atoms with van der Waals surface area (Å²) in [5.41, 5.74) is 6.25. The number of benzene rings is 2. The van der Waals surface area contributed by atoms with Crippen LogP contribution >= 0.6 is 0 Å². The minimum absolute atomic E-state index is 0.0871. The van der Waals surface area contributed by atoms with Crippen molar-refractivity contribution in [2.45, 2.75) is 38.0 Å². The van der Waals surface area contributed by atoms with Gasteiger partial charge in [-0.05, 0) is 48.9 Å². The predicted octanol–water partition coefficient (Wildman–Crippen LogP) is 4.53. The van der Waals surface area contributed by atoms with E-state index in [0.29, 0.717) is 30.4 Å². The highest BCUT2D eigenvalue weighted by Gasteiger charge is 2.36. The zero-order valence-electron chi connectivity index (χ0n) is 17.6. The number of carbonyl (C=O) groups excluding carboxylic acids is 1. The maximum Gasteiger partial charge on any atom is 0.275 e. The average Bonchev–Trinajstić information content (AvgIpc) is 3.59. The van der Waals surface area contributed by atoms with Crippen molar-refractivity contribution in [1.82, 2.24) is 20.3 Å². The second kappa shape index (κ2) is 7.75. The summed E-state index contributed by atoms with van der Waals surface area (Å²) in [6.07, 6.45) is 4.92. The Balaban J connectivity index is 1.23. The molecule has 0 saturated carbocycles. The molecule has 4 aromatic rings. The zero-order valence-corrected chi connectivity index (χ0v) is 17.6. The third-order valence-corrected chi connectivity index (χ3v) is 6.47. The Labute approximate surface area is 185 Å². The van der Waals surface area contributed by atoms with E-state index in [1.54, 1.807) is 0 Å². The van der Waals surface area contributed by atoms with Crippen LogP contribution < -0.4 is 4.90 Å². The van der Waals surface area contributed by atoms with E-state index in [2.05, 4.69) is 38.5 Å². The Morgan fingerprint density at radius 1 is 1.03 bits per heavy atom. The fraction of sp³-hybridized carbons (Fsp3) is 0.280. The van der Waals surface area contributed by atoms with Crippen LogP contribution in [0.5, 0.6) is 0 Å². The zero-order chi connectivity index (χ0) is 21.5. The number of nitrogens with one attached hydrogen (secondary N) is 1. The SMILES string of the molecule is O=C1CC(c2noc(-c3cc(-c4ccccc4)n[nH]3)n2)CN1c1cccc2c1CCCC2. The van der Waals surface area contributed by atoms with Crippen LogP contribution in [-0.4, -0.2) is 32.8 Å². The Kier molecular flexibility index (Phi) is 4.60. The number of H-pyrrole nitrogens is 1. The van der Waals surface area contributed by atoms with Gasteiger partial charge >= 0.3 is 0 Å². The lowest BCUT2D eigenvalue weighted by molar-refractivity contribution is -0.117. The number of nitrogens with zero attached hydrogens (tertiary/aromatic N) is 4. The van der Waals surface area contributed by atoms with E-state index in [4.69, 9.17) is 4.52 Å². The summed E-state index contributed by atoms with van der Waals surface area (Å²) in [6.45, 7) is 0.576. The van der Waals surface area contributed by atoms with Gasteiger partial charge in [0.1, 0.15) is 5.69 Å². The molecule has 0 spiro atoms. The first-order valence-electron chi connectivity index (χ1n) is 11.1. The van der Waals surface area contributed by atoms with Gasteiger partial charge in [0.05, 0.1) is 5.69 Å². The molecule has 160 valence electrons. The van der Waals surface area contributed by atoms with Crippen LogP contribution in [0.15, 0.2) is 59.1 Å². The lowest BCUT2D eigenvalue weighted by Crippen LogP contribution is -2.26. The second-order valence-electron chi connectivity index (χ2n) is 8.52. The Morgan fingerprint density at radius 2 is 1.91 bits per heavy atom. The van der Waals surface area contributed by atoms with Crippen molar-refractivity contribution in [3.63, 3.8) is 0 Å². The van der Waals surface area contributed by atoms with Crippen LogP contribution in [0.4, 0.5) is 5.69 Å². The smallest absolute Gasteiger partial charge is 0.275 e. The van der Waals surface area contributed by atoms with Crippen LogP contribution in [0.25, 0.3) is 22.8 Å². The molecule has 2 aromatic carbocycles. The molecule has 1 aliphatic carbocycles. The minimum atomic E-state index is -0.0871. The lowest BCUT2D eigenvalue weighted by atomic mass is 9.90. The van der Waals surface area contributed by atoms with E-state index in [1.807, 2.05) is 41.3 Å². The summed E-state index contributed by atoms with van der Waals surface area (Å²) in [4.78, 5) is 19.4. The molecule has 7 nitrogen and oxygen atoms in total. The molecule has 0 bridgehead atoms. The fourth-order valence-corrected chi connectivity index (χ4v) is 4.83. The van der Waals surface area contributed by atoms with Gasteiger partial charge in [-0.25, -0.2) is 0 Å². The van der Waals surface area contributed by atoms with Crippen LogP contribution in [0.3, 0.4) is 0 Å². The third kappa shape index (κ3) is 3.30. The van der Waals surface area contributed by atoms with E-state index in [0.717, 1.165) is 29.8 Å². The second-order valence-corrected chi connectivity index (χ2v) is 8.52. The normalized spacial score (nSPS) is 18.2. The first-order chi connectivity index (χ1) is 15.8. The predicted molar refractivity (Wildman–Crippen MR) is 120 cm³/mol. The van der Waals surface area contributed by atoms with Gasteiger partial charge in [0.25, 0.3) is 5.89 Å². The summed E-state index contributed by atoms with van der Waals surface area (Å²) in [5, 5.41) is 11.5. The third-order valence-electron chi connectivity index (χ3n) is 6.47. The Morgan fingerprint density at radius 3 is 2.81 bits per heavy atom. The van der Waals surface area contributed by atoms with Crippen molar-refractivity contribution in [3.8, 4) is 22.8 Å². The van der Waals surface area contributed by atoms with Gasteiger partial charge in [-0.15, -0.1) is 0 Å². The number of hydrogen-bond donors (Lipinski definition) is 1. The van der Waals surface area contributed by atoms with Crippen molar-refractivity contribution in [3.05, 3.63) is 71.5 Å². The number of hydrogen-bond acceptors (Lipinski definition) is 5. The first kappa shape index (κ1) is 19.0. The molecule has 2 aliphatic rings. The topological polar surface area (TPSA) is 87.9 Å². The van der Waals surface area contributed by atoms with Gasteiger partial charge in [-0.1, -0.05) is 47.6 Å². The highest BCUT2D eigenvalue weighted by molar-refractivity contribution is 5.97. The van der Waals surface area contributed by atoms with Gasteiger partial charge < -0.3 is 9.42 Å². The molecule has 2 aromatic heterocycles. The van der Waals surface area contributed by atoms with Gasteiger partial charge in [-0.2, -0.15) is 10.1 Å². The number of amides is 1. The summed E-state index contributed by atoms with van der Waals surface area (Å²) in [5.74, 6) is 0.985. The number of fused-ring (bicyclic) bond motifs is 1. The van der Waals surface area contributed by atoms with Crippen molar-refractivity contribution >= 4 is 11.6 Å². The Hall–Kier alpha value is -3.74. The molecule has 1 N–H and O–H groups in total. The molecule has 1 saturated heterocycles. The first-order valence-corrected chi connectivity index (χ1v) is 11.1. The van der Waals surface area contributed by atoms with Crippen molar-refractivity contribution in [1.29, 1.82) is 0 Å². The molecule has 0 radical (unpaired) electrons. The number of carbonyl (C=O) groups is 1. The molecule has 7 heteroatoms. The highest BCUT2D eigenvalue weighted by atomic mass is 16.5. The molecular formula is C25H23N5O2.